The van der Waals surface area contributed by atoms with E-state index in [-0.39, 0.29) is 23.3 Å². The molecular weight excluding hydrogens is 402 g/mol. The Balaban J connectivity index is 2.06. The summed E-state index contributed by atoms with van der Waals surface area (Å²) >= 11 is 1.23. The average molecular weight is 423 g/mol. The predicted molar refractivity (Wildman–Crippen MR) is 115 cm³/mol. The number of esters is 1. The number of rotatable bonds is 5. The molecule has 1 aliphatic heterocycles. The predicted octanol–water partition coefficient (Wildman–Crippen LogP) is 3.82. The number of nitriles is 1. The zero-order chi connectivity index (χ0) is 22.0. The minimum atomic E-state index is -0.736. The average Bonchev–Trinajstić information content (AvgIpc) is 3.15. The summed E-state index contributed by atoms with van der Waals surface area (Å²) in [6.07, 6.45) is 0. The molecule has 1 aromatic heterocycles. The van der Waals surface area contributed by atoms with Gasteiger partial charge in [-0.1, -0.05) is 18.2 Å². The number of nitrogens with one attached hydrogen (secondary N) is 1. The lowest BCUT2D eigenvalue weighted by Crippen LogP contribution is -2.27. The first-order chi connectivity index (χ1) is 14.3. The van der Waals surface area contributed by atoms with Crippen LogP contribution in [0.4, 0.5) is 10.7 Å². The first kappa shape index (κ1) is 21.3. The summed E-state index contributed by atoms with van der Waals surface area (Å²) in [5.74, 6) is -1.67. The van der Waals surface area contributed by atoms with Crippen molar-refractivity contribution in [2.45, 2.75) is 27.7 Å². The van der Waals surface area contributed by atoms with Crippen molar-refractivity contribution in [3.05, 3.63) is 51.4 Å². The van der Waals surface area contributed by atoms with Gasteiger partial charge in [-0.05, 0) is 39.3 Å². The van der Waals surface area contributed by atoms with Crippen LogP contribution in [-0.4, -0.2) is 30.9 Å². The second-order valence-electron chi connectivity index (χ2n) is 6.59. The number of carbonyl (C=O) groups is 3. The number of para-hydroxylation sites is 1. The number of thiophene rings is 1. The summed E-state index contributed by atoms with van der Waals surface area (Å²) in [5, 5.41) is 12.7. The van der Waals surface area contributed by atoms with Crippen LogP contribution >= 0.6 is 11.3 Å². The molecule has 0 bridgehead atoms. The fourth-order valence-corrected chi connectivity index (χ4v) is 4.43. The summed E-state index contributed by atoms with van der Waals surface area (Å²) in [7, 11) is 0. The Bertz CT molecular complexity index is 1120. The van der Waals surface area contributed by atoms with E-state index in [0.29, 0.717) is 28.4 Å². The summed E-state index contributed by atoms with van der Waals surface area (Å²) in [6, 6.07) is 8.93. The van der Waals surface area contributed by atoms with E-state index in [0.717, 1.165) is 4.88 Å². The summed E-state index contributed by atoms with van der Waals surface area (Å²) in [6.45, 7) is 7.74. The minimum absolute atomic E-state index is 0.0649. The number of benzene rings is 1. The van der Waals surface area contributed by atoms with Gasteiger partial charge in [-0.15, -0.1) is 11.3 Å². The topological polar surface area (TPSA) is 99.5 Å². The van der Waals surface area contributed by atoms with Crippen LogP contribution in [0.25, 0.3) is 5.57 Å². The van der Waals surface area contributed by atoms with Gasteiger partial charge in [0.05, 0.1) is 23.4 Å². The summed E-state index contributed by atoms with van der Waals surface area (Å²) in [4.78, 5) is 40.7. The molecule has 2 aromatic rings. The number of carbonyl (C=O) groups excluding carboxylic acids is 3. The lowest BCUT2D eigenvalue weighted by Gasteiger charge is -2.13. The maximum Gasteiger partial charge on any atom is 0.341 e. The zero-order valence-electron chi connectivity index (χ0n) is 17.2. The van der Waals surface area contributed by atoms with E-state index in [1.807, 2.05) is 19.9 Å². The third-order valence-corrected chi connectivity index (χ3v) is 6.04. The van der Waals surface area contributed by atoms with Crippen molar-refractivity contribution in [3.63, 3.8) is 0 Å². The number of anilines is 2. The van der Waals surface area contributed by atoms with Crippen LogP contribution in [0.3, 0.4) is 0 Å². The maximum atomic E-state index is 13.0. The summed E-state index contributed by atoms with van der Waals surface area (Å²) in [5.41, 5.74) is 1.95. The number of ether oxygens (including phenoxy) is 1. The Hall–Kier alpha value is -3.44. The van der Waals surface area contributed by atoms with Gasteiger partial charge < -0.3 is 15.0 Å². The van der Waals surface area contributed by atoms with Crippen molar-refractivity contribution in [3.8, 4) is 6.07 Å². The molecular formula is C22H21N3O4S. The number of amides is 2. The number of hydrogen-bond acceptors (Lipinski definition) is 6. The van der Waals surface area contributed by atoms with Gasteiger partial charge in [0.2, 0.25) is 0 Å². The first-order valence-corrected chi connectivity index (χ1v) is 10.3. The van der Waals surface area contributed by atoms with Gasteiger partial charge in [0.25, 0.3) is 11.8 Å². The molecule has 0 atom stereocenters. The lowest BCUT2D eigenvalue weighted by atomic mass is 10.0. The molecule has 0 unspecified atom stereocenters. The molecule has 0 spiro atoms. The van der Waals surface area contributed by atoms with Crippen LogP contribution in [0.5, 0.6) is 0 Å². The highest BCUT2D eigenvalue weighted by atomic mass is 32.1. The first-order valence-electron chi connectivity index (χ1n) is 9.49. The standard InChI is InChI=1S/C22H21N3O4S/c1-5-25-16-10-8-7-9-14(16)18(21(25)27)15(11-23)19(26)24-20-17(22(28)29-6-2)12(3)13(4)30-20/h7-10H,5-6H2,1-4H3,(H,24,26)/b18-15-. The second kappa shape index (κ2) is 8.51. The number of likely N-dealkylation sites (N-methyl/N-ethyl adjacent to an activating group) is 1. The Kier molecular flexibility index (Phi) is 6.04. The fourth-order valence-electron chi connectivity index (χ4n) is 3.39. The van der Waals surface area contributed by atoms with Crippen molar-refractivity contribution >= 4 is 45.4 Å². The maximum absolute atomic E-state index is 13.0. The molecule has 1 aromatic carbocycles. The third-order valence-electron chi connectivity index (χ3n) is 4.92. The van der Waals surface area contributed by atoms with E-state index in [1.54, 1.807) is 38.1 Å². The van der Waals surface area contributed by atoms with Crippen molar-refractivity contribution in [1.29, 1.82) is 5.26 Å². The van der Waals surface area contributed by atoms with Crippen molar-refractivity contribution in [1.82, 2.24) is 0 Å². The number of nitrogens with zero attached hydrogens (tertiary/aromatic N) is 2. The van der Waals surface area contributed by atoms with Crippen LogP contribution in [0.15, 0.2) is 29.8 Å². The zero-order valence-corrected chi connectivity index (χ0v) is 18.0. The van der Waals surface area contributed by atoms with E-state index in [4.69, 9.17) is 4.74 Å². The highest BCUT2D eigenvalue weighted by Gasteiger charge is 2.36. The highest BCUT2D eigenvalue weighted by molar-refractivity contribution is 7.16. The van der Waals surface area contributed by atoms with Gasteiger partial charge in [-0.3, -0.25) is 9.59 Å². The van der Waals surface area contributed by atoms with Crippen molar-refractivity contribution in [2.24, 2.45) is 0 Å². The Morgan fingerprint density at radius 3 is 2.57 bits per heavy atom. The molecule has 30 heavy (non-hydrogen) atoms. The van der Waals surface area contributed by atoms with E-state index < -0.39 is 17.8 Å². The smallest absolute Gasteiger partial charge is 0.341 e. The Morgan fingerprint density at radius 2 is 1.93 bits per heavy atom. The lowest BCUT2D eigenvalue weighted by molar-refractivity contribution is -0.114. The Labute approximate surface area is 178 Å². The van der Waals surface area contributed by atoms with Gasteiger partial charge in [0.1, 0.15) is 16.6 Å². The molecule has 2 amide bonds. The van der Waals surface area contributed by atoms with Gasteiger partial charge >= 0.3 is 5.97 Å². The van der Waals surface area contributed by atoms with Crippen LogP contribution in [0, 0.1) is 25.2 Å². The van der Waals surface area contributed by atoms with Crippen LogP contribution < -0.4 is 10.2 Å². The SMILES string of the molecule is CCOC(=O)c1c(NC(=O)/C(C#N)=C2\C(=O)N(CC)c3ccccc32)sc(C)c1C. The molecule has 8 heteroatoms. The van der Waals surface area contributed by atoms with Gasteiger partial charge in [-0.25, -0.2) is 4.79 Å². The van der Waals surface area contributed by atoms with Crippen LogP contribution in [0.1, 0.15) is 40.2 Å². The van der Waals surface area contributed by atoms with E-state index in [1.165, 1.54) is 16.2 Å². The van der Waals surface area contributed by atoms with Gasteiger partial charge in [-0.2, -0.15) is 5.26 Å². The molecule has 1 N–H and O–H groups in total. The molecule has 7 nitrogen and oxygen atoms in total. The molecule has 2 heterocycles. The van der Waals surface area contributed by atoms with E-state index in [9.17, 15) is 19.6 Å². The third kappa shape index (κ3) is 3.48. The van der Waals surface area contributed by atoms with E-state index >= 15 is 0 Å². The van der Waals surface area contributed by atoms with Gasteiger partial charge in [0.15, 0.2) is 0 Å². The molecule has 0 radical (unpaired) electrons. The van der Waals surface area contributed by atoms with Crippen molar-refractivity contribution in [2.75, 3.05) is 23.4 Å². The van der Waals surface area contributed by atoms with E-state index in [2.05, 4.69) is 5.32 Å². The van der Waals surface area contributed by atoms with Crippen molar-refractivity contribution < 1.29 is 19.1 Å². The molecule has 0 saturated carbocycles. The molecule has 0 fully saturated rings. The fraction of sp³-hybridized carbons (Fsp3) is 0.273. The number of hydrogen-bond donors (Lipinski definition) is 1. The molecule has 3 rings (SSSR count). The molecule has 0 saturated heterocycles. The largest absolute Gasteiger partial charge is 0.462 e. The quantitative estimate of drug-likeness (QED) is 0.448. The number of fused-ring (bicyclic) bond motifs is 1. The normalized spacial score (nSPS) is 14.2. The number of aryl methyl sites for hydroxylation is 1. The van der Waals surface area contributed by atoms with Gasteiger partial charge in [0, 0.05) is 17.0 Å². The van der Waals surface area contributed by atoms with Crippen LogP contribution in [-0.2, 0) is 14.3 Å². The summed E-state index contributed by atoms with van der Waals surface area (Å²) < 4.78 is 5.10. The monoisotopic (exact) mass is 423 g/mol. The molecule has 154 valence electrons. The Morgan fingerprint density at radius 1 is 1.23 bits per heavy atom. The van der Waals surface area contributed by atoms with Crippen LogP contribution in [0.2, 0.25) is 0 Å². The minimum Gasteiger partial charge on any atom is -0.462 e. The molecule has 1 aliphatic rings. The molecule has 0 aliphatic carbocycles. The highest BCUT2D eigenvalue weighted by Crippen LogP contribution is 2.39. The second-order valence-corrected chi connectivity index (χ2v) is 7.82.